The lowest BCUT2D eigenvalue weighted by atomic mass is 10.1. The minimum atomic E-state index is 0.502. The zero-order valence-electron chi connectivity index (χ0n) is 11.0. The molecule has 103 valence electrons. The highest BCUT2D eigenvalue weighted by Crippen LogP contribution is 2.29. The van der Waals surface area contributed by atoms with Crippen molar-refractivity contribution in [1.82, 2.24) is 0 Å². The summed E-state index contributed by atoms with van der Waals surface area (Å²) < 4.78 is 5.76. The van der Waals surface area contributed by atoms with Crippen molar-refractivity contribution in [2.45, 2.75) is 0 Å². The van der Waals surface area contributed by atoms with Crippen LogP contribution >= 0.6 is 23.2 Å². The molecule has 3 heteroatoms. The van der Waals surface area contributed by atoms with Crippen molar-refractivity contribution in [3.05, 3.63) is 82.8 Å². The summed E-state index contributed by atoms with van der Waals surface area (Å²) in [6.45, 7) is 0. The smallest absolute Gasteiger partial charge is 0.127 e. The molecule has 0 spiro atoms. The second-order valence-corrected chi connectivity index (χ2v) is 5.32. The first-order valence-corrected chi connectivity index (χ1v) is 7.18. The van der Waals surface area contributed by atoms with Crippen LogP contribution in [0.25, 0.3) is 11.1 Å². The van der Waals surface area contributed by atoms with Crippen LogP contribution in [0.5, 0.6) is 11.5 Å². The fourth-order valence-electron chi connectivity index (χ4n) is 2.01. The Morgan fingerprint density at radius 2 is 1.24 bits per heavy atom. The van der Waals surface area contributed by atoms with E-state index in [-0.39, 0.29) is 0 Å². The lowest BCUT2D eigenvalue weighted by Crippen LogP contribution is -1.84. The fraction of sp³-hybridized carbons (Fsp3) is 0. The van der Waals surface area contributed by atoms with Crippen LogP contribution in [0.4, 0.5) is 0 Å². The number of rotatable bonds is 3. The SMILES string of the molecule is Clc1[c]c(Cl)cc(-c2ccc(Oc3ccccc3)cc2)c1. The first kappa shape index (κ1) is 14.0. The van der Waals surface area contributed by atoms with Crippen molar-refractivity contribution in [3.8, 4) is 22.6 Å². The summed E-state index contributed by atoms with van der Waals surface area (Å²) in [7, 11) is 0. The fourth-order valence-corrected chi connectivity index (χ4v) is 2.49. The molecular weight excluding hydrogens is 303 g/mol. The molecule has 0 saturated heterocycles. The standard InChI is InChI=1S/C18H11Cl2O/c19-15-10-14(11-16(20)12-15)13-6-8-18(9-7-13)21-17-4-2-1-3-5-17/h1-11H. The minimum absolute atomic E-state index is 0.502. The van der Waals surface area contributed by atoms with Crippen LogP contribution in [0.3, 0.4) is 0 Å². The predicted molar refractivity (Wildman–Crippen MR) is 87.3 cm³/mol. The Bertz CT molecular complexity index is 717. The largest absolute Gasteiger partial charge is 0.457 e. The van der Waals surface area contributed by atoms with Gasteiger partial charge in [0.2, 0.25) is 0 Å². The normalized spacial score (nSPS) is 10.4. The summed E-state index contributed by atoms with van der Waals surface area (Å²) >= 11 is 11.9. The van der Waals surface area contributed by atoms with E-state index in [0.29, 0.717) is 10.0 Å². The first-order valence-electron chi connectivity index (χ1n) is 6.42. The van der Waals surface area contributed by atoms with Crippen LogP contribution in [-0.2, 0) is 0 Å². The maximum absolute atomic E-state index is 5.97. The third-order valence-corrected chi connectivity index (χ3v) is 3.38. The topological polar surface area (TPSA) is 9.23 Å². The number of hydrogen-bond donors (Lipinski definition) is 0. The molecule has 0 aromatic heterocycles. The summed E-state index contributed by atoms with van der Waals surface area (Å²) in [5.74, 6) is 1.59. The molecule has 0 N–H and O–H groups in total. The van der Waals surface area contributed by atoms with Gasteiger partial charge in [-0.15, -0.1) is 0 Å². The quantitative estimate of drug-likeness (QED) is 0.555. The van der Waals surface area contributed by atoms with E-state index in [4.69, 9.17) is 27.9 Å². The van der Waals surface area contributed by atoms with Gasteiger partial charge in [0.15, 0.2) is 0 Å². The van der Waals surface area contributed by atoms with Crippen LogP contribution in [0.1, 0.15) is 0 Å². The van der Waals surface area contributed by atoms with E-state index < -0.39 is 0 Å². The highest BCUT2D eigenvalue weighted by Gasteiger charge is 2.03. The van der Waals surface area contributed by atoms with Crippen LogP contribution < -0.4 is 4.74 Å². The third kappa shape index (κ3) is 3.57. The van der Waals surface area contributed by atoms with Crippen LogP contribution in [0.15, 0.2) is 66.7 Å². The molecule has 0 bridgehead atoms. The maximum Gasteiger partial charge on any atom is 0.127 e. The van der Waals surface area contributed by atoms with Gasteiger partial charge in [-0.25, -0.2) is 0 Å². The summed E-state index contributed by atoms with van der Waals surface area (Å²) in [5, 5.41) is 1.00. The molecule has 0 amide bonds. The Morgan fingerprint density at radius 1 is 0.667 bits per heavy atom. The van der Waals surface area contributed by atoms with Gasteiger partial charge in [-0.1, -0.05) is 53.5 Å². The Morgan fingerprint density at radius 3 is 1.86 bits per heavy atom. The van der Waals surface area contributed by atoms with Gasteiger partial charge in [0.25, 0.3) is 0 Å². The molecule has 0 unspecified atom stereocenters. The molecule has 21 heavy (non-hydrogen) atoms. The van der Waals surface area contributed by atoms with Crippen LogP contribution in [0.2, 0.25) is 10.0 Å². The molecule has 1 nitrogen and oxygen atoms in total. The minimum Gasteiger partial charge on any atom is -0.457 e. The molecule has 0 fully saturated rings. The Labute approximate surface area is 133 Å². The Hall–Kier alpha value is -1.96. The van der Waals surface area contributed by atoms with E-state index in [2.05, 4.69) is 6.07 Å². The number of ether oxygens (including phenoxy) is 1. The number of benzene rings is 3. The van der Waals surface area contributed by atoms with Gasteiger partial charge in [0.1, 0.15) is 11.5 Å². The molecular formula is C18H11Cl2O. The summed E-state index contributed by atoms with van der Waals surface area (Å²) in [5.41, 5.74) is 1.98. The average molecular weight is 314 g/mol. The number of para-hydroxylation sites is 1. The summed E-state index contributed by atoms with van der Waals surface area (Å²) in [6.07, 6.45) is 0. The van der Waals surface area contributed by atoms with Gasteiger partial charge in [-0.3, -0.25) is 0 Å². The van der Waals surface area contributed by atoms with Gasteiger partial charge >= 0.3 is 0 Å². The monoisotopic (exact) mass is 313 g/mol. The molecule has 0 aliphatic heterocycles. The highest BCUT2D eigenvalue weighted by molar-refractivity contribution is 6.34. The van der Waals surface area contributed by atoms with E-state index in [0.717, 1.165) is 22.6 Å². The maximum atomic E-state index is 5.97. The van der Waals surface area contributed by atoms with Crippen LogP contribution in [-0.4, -0.2) is 0 Å². The van der Waals surface area contributed by atoms with Crippen molar-refractivity contribution in [3.63, 3.8) is 0 Å². The second kappa shape index (κ2) is 6.21. The van der Waals surface area contributed by atoms with Gasteiger partial charge in [-0.05, 0) is 47.5 Å². The summed E-state index contributed by atoms with van der Waals surface area (Å²) in [6, 6.07) is 23.9. The molecule has 0 heterocycles. The number of hydrogen-bond acceptors (Lipinski definition) is 1. The zero-order valence-corrected chi connectivity index (χ0v) is 12.5. The van der Waals surface area contributed by atoms with E-state index in [1.54, 1.807) is 0 Å². The molecule has 0 aliphatic rings. The highest BCUT2D eigenvalue weighted by atomic mass is 35.5. The van der Waals surface area contributed by atoms with E-state index in [1.807, 2.05) is 66.7 Å². The van der Waals surface area contributed by atoms with Gasteiger partial charge < -0.3 is 4.74 Å². The van der Waals surface area contributed by atoms with Crippen molar-refractivity contribution in [1.29, 1.82) is 0 Å². The van der Waals surface area contributed by atoms with Crippen LogP contribution in [0, 0.1) is 6.07 Å². The van der Waals surface area contributed by atoms with Gasteiger partial charge in [0.05, 0.1) is 10.0 Å². The van der Waals surface area contributed by atoms with E-state index in [9.17, 15) is 0 Å². The molecule has 0 saturated carbocycles. The third-order valence-electron chi connectivity index (χ3n) is 2.97. The second-order valence-electron chi connectivity index (χ2n) is 4.50. The predicted octanol–water partition coefficient (Wildman–Crippen LogP) is 6.25. The van der Waals surface area contributed by atoms with Crippen molar-refractivity contribution >= 4 is 23.2 Å². The Balaban J connectivity index is 1.84. The molecule has 3 rings (SSSR count). The van der Waals surface area contributed by atoms with Gasteiger partial charge in [0, 0.05) is 6.07 Å². The van der Waals surface area contributed by atoms with E-state index in [1.165, 1.54) is 0 Å². The molecule has 3 aromatic carbocycles. The molecule has 3 aromatic rings. The molecule has 1 radical (unpaired) electrons. The van der Waals surface area contributed by atoms with Crippen molar-refractivity contribution in [2.24, 2.45) is 0 Å². The van der Waals surface area contributed by atoms with E-state index >= 15 is 0 Å². The summed E-state index contributed by atoms with van der Waals surface area (Å²) in [4.78, 5) is 0. The lowest BCUT2D eigenvalue weighted by Gasteiger charge is -2.07. The Kier molecular flexibility index (Phi) is 4.14. The average Bonchev–Trinajstić information content (AvgIpc) is 2.48. The zero-order chi connectivity index (χ0) is 14.7. The molecule has 0 aliphatic carbocycles. The number of halogens is 2. The van der Waals surface area contributed by atoms with Crippen molar-refractivity contribution < 1.29 is 4.74 Å². The lowest BCUT2D eigenvalue weighted by molar-refractivity contribution is 0.483. The van der Waals surface area contributed by atoms with Crippen molar-refractivity contribution in [2.75, 3.05) is 0 Å². The van der Waals surface area contributed by atoms with Gasteiger partial charge in [-0.2, -0.15) is 0 Å². The molecule has 0 atom stereocenters. The first-order chi connectivity index (χ1) is 10.2.